The summed E-state index contributed by atoms with van der Waals surface area (Å²) in [4.78, 5) is 25.5. The van der Waals surface area contributed by atoms with Gasteiger partial charge < -0.3 is 14.6 Å². The number of carbonyl (C=O) groups is 2. The molecule has 1 N–H and O–H groups in total. The predicted molar refractivity (Wildman–Crippen MR) is 111 cm³/mol. The van der Waals surface area contributed by atoms with Crippen molar-refractivity contribution in [1.29, 1.82) is 0 Å². The highest BCUT2D eigenvalue weighted by molar-refractivity contribution is 7.98. The third-order valence-electron chi connectivity index (χ3n) is 3.79. The van der Waals surface area contributed by atoms with Gasteiger partial charge in [-0.05, 0) is 75.1 Å². The van der Waals surface area contributed by atoms with Gasteiger partial charge in [0.05, 0.1) is 6.61 Å². The molecule has 148 valence electrons. The van der Waals surface area contributed by atoms with Crippen molar-refractivity contribution in [3.05, 3.63) is 65.4 Å². The smallest absolute Gasteiger partial charge is 0.374 e. The zero-order valence-corrected chi connectivity index (χ0v) is 17.2. The number of ketones is 1. The van der Waals surface area contributed by atoms with Crippen LogP contribution in [0.2, 0.25) is 0 Å². The van der Waals surface area contributed by atoms with Crippen molar-refractivity contribution < 1.29 is 24.2 Å². The molecule has 0 aliphatic rings. The molecule has 0 aliphatic heterocycles. The van der Waals surface area contributed by atoms with Gasteiger partial charge in [-0.1, -0.05) is 12.1 Å². The molecule has 0 unspecified atom stereocenters. The number of thioether (sulfide) groups is 1. The third kappa shape index (κ3) is 5.97. The van der Waals surface area contributed by atoms with E-state index in [4.69, 9.17) is 9.47 Å². The monoisotopic (exact) mass is 400 g/mol. The SMILES string of the molecule is CCOC(=O)C(=Cc1ccc(SC)cc1)Oc1ccc(C(=O)C(C)(C)O)cc1. The van der Waals surface area contributed by atoms with E-state index in [1.54, 1.807) is 49.0 Å². The van der Waals surface area contributed by atoms with Crippen LogP contribution in [0.25, 0.3) is 6.08 Å². The highest BCUT2D eigenvalue weighted by atomic mass is 32.2. The molecule has 0 atom stereocenters. The van der Waals surface area contributed by atoms with Crippen LogP contribution in [0.4, 0.5) is 0 Å². The molecule has 0 bridgehead atoms. The lowest BCUT2D eigenvalue weighted by Gasteiger charge is -2.15. The second kappa shape index (κ2) is 9.57. The zero-order chi connectivity index (χ0) is 20.7. The van der Waals surface area contributed by atoms with Crippen LogP contribution >= 0.6 is 11.8 Å². The van der Waals surface area contributed by atoms with Gasteiger partial charge in [-0.2, -0.15) is 0 Å². The number of esters is 1. The fourth-order valence-corrected chi connectivity index (χ4v) is 2.75. The first-order valence-corrected chi connectivity index (χ1v) is 10.0. The van der Waals surface area contributed by atoms with Crippen molar-refractivity contribution in [2.45, 2.75) is 31.3 Å². The van der Waals surface area contributed by atoms with Gasteiger partial charge in [0.25, 0.3) is 0 Å². The zero-order valence-electron chi connectivity index (χ0n) is 16.4. The molecule has 0 aliphatic carbocycles. The second-order valence-corrected chi connectivity index (χ2v) is 7.40. The number of hydrogen-bond donors (Lipinski definition) is 1. The summed E-state index contributed by atoms with van der Waals surface area (Å²) in [6, 6.07) is 13.9. The van der Waals surface area contributed by atoms with Gasteiger partial charge in [-0.25, -0.2) is 4.79 Å². The summed E-state index contributed by atoms with van der Waals surface area (Å²) in [7, 11) is 0. The van der Waals surface area contributed by atoms with Crippen molar-refractivity contribution in [3.8, 4) is 5.75 Å². The molecular formula is C22H24O5S. The molecule has 0 amide bonds. The van der Waals surface area contributed by atoms with Gasteiger partial charge in [-0.15, -0.1) is 11.8 Å². The molecule has 2 rings (SSSR count). The maximum Gasteiger partial charge on any atom is 0.374 e. The van der Waals surface area contributed by atoms with E-state index in [0.717, 1.165) is 10.5 Å². The Kier molecular flexibility index (Phi) is 7.43. The van der Waals surface area contributed by atoms with Gasteiger partial charge in [-0.3, -0.25) is 4.79 Å². The van der Waals surface area contributed by atoms with Crippen LogP contribution in [0.5, 0.6) is 5.75 Å². The number of ether oxygens (including phenoxy) is 2. The van der Waals surface area contributed by atoms with Crippen LogP contribution in [0, 0.1) is 0 Å². The molecule has 2 aromatic rings. The average Bonchev–Trinajstić information content (AvgIpc) is 2.67. The minimum absolute atomic E-state index is 0.0420. The largest absolute Gasteiger partial charge is 0.460 e. The molecule has 0 heterocycles. The molecule has 0 fully saturated rings. The van der Waals surface area contributed by atoms with E-state index in [0.29, 0.717) is 11.3 Å². The number of Topliss-reactive ketones (excluding diaryl/α,β-unsaturated/α-hetero) is 1. The Balaban J connectivity index is 2.26. The first-order valence-electron chi connectivity index (χ1n) is 8.82. The quantitative estimate of drug-likeness (QED) is 0.234. The molecule has 28 heavy (non-hydrogen) atoms. The van der Waals surface area contributed by atoms with Gasteiger partial charge >= 0.3 is 5.97 Å². The van der Waals surface area contributed by atoms with Gasteiger partial charge in [0.1, 0.15) is 11.4 Å². The number of aliphatic hydroxyl groups is 1. The standard InChI is InChI=1S/C22H24O5S/c1-5-26-21(24)19(14-15-6-12-18(28-4)13-7-15)27-17-10-8-16(9-11-17)20(23)22(2,3)25/h6-14,25H,5H2,1-4H3. The van der Waals surface area contributed by atoms with E-state index in [2.05, 4.69) is 0 Å². The van der Waals surface area contributed by atoms with Crippen LogP contribution < -0.4 is 4.74 Å². The Hall–Kier alpha value is -2.57. The molecule has 0 aromatic heterocycles. The summed E-state index contributed by atoms with van der Waals surface area (Å²) in [5, 5.41) is 9.84. The number of rotatable bonds is 8. The summed E-state index contributed by atoms with van der Waals surface area (Å²) < 4.78 is 10.8. The van der Waals surface area contributed by atoms with Crippen LogP contribution in [0.15, 0.2) is 59.2 Å². The van der Waals surface area contributed by atoms with E-state index >= 15 is 0 Å². The third-order valence-corrected chi connectivity index (χ3v) is 4.53. The van der Waals surface area contributed by atoms with Crippen LogP contribution in [-0.2, 0) is 9.53 Å². The highest BCUT2D eigenvalue weighted by Crippen LogP contribution is 2.21. The molecule has 5 nitrogen and oxygen atoms in total. The molecule has 6 heteroatoms. The molecule has 0 radical (unpaired) electrons. The van der Waals surface area contributed by atoms with Crippen molar-refractivity contribution in [1.82, 2.24) is 0 Å². The van der Waals surface area contributed by atoms with Crippen molar-refractivity contribution in [3.63, 3.8) is 0 Å². The number of carbonyl (C=O) groups excluding carboxylic acids is 2. The molecule has 2 aromatic carbocycles. The van der Waals surface area contributed by atoms with Gasteiger partial charge in [0.15, 0.2) is 5.78 Å². The lowest BCUT2D eigenvalue weighted by Crippen LogP contribution is -2.30. The van der Waals surface area contributed by atoms with E-state index in [-0.39, 0.29) is 12.4 Å². The normalized spacial score (nSPS) is 11.8. The van der Waals surface area contributed by atoms with Crippen LogP contribution in [-0.4, -0.2) is 35.3 Å². The van der Waals surface area contributed by atoms with E-state index < -0.39 is 17.4 Å². The Morgan fingerprint density at radius 3 is 2.18 bits per heavy atom. The summed E-state index contributed by atoms with van der Waals surface area (Å²) in [5.74, 6) is -0.546. The first kappa shape index (κ1) is 21.7. The Bertz CT molecular complexity index is 846. The van der Waals surface area contributed by atoms with Gasteiger partial charge in [0, 0.05) is 10.5 Å². The van der Waals surface area contributed by atoms with E-state index in [1.807, 2.05) is 30.5 Å². The average molecular weight is 400 g/mol. The summed E-state index contributed by atoms with van der Waals surface area (Å²) in [5.41, 5.74) is -0.301. The minimum atomic E-state index is -1.46. The topological polar surface area (TPSA) is 72.8 Å². The van der Waals surface area contributed by atoms with Crippen molar-refractivity contribution >= 4 is 29.6 Å². The number of benzene rings is 2. The fraction of sp³-hybridized carbons (Fsp3) is 0.273. The Labute approximate surface area is 169 Å². The van der Waals surface area contributed by atoms with Crippen molar-refractivity contribution in [2.75, 3.05) is 12.9 Å². The second-order valence-electron chi connectivity index (χ2n) is 6.52. The van der Waals surface area contributed by atoms with E-state index in [1.165, 1.54) is 13.8 Å². The van der Waals surface area contributed by atoms with Crippen molar-refractivity contribution in [2.24, 2.45) is 0 Å². The summed E-state index contributed by atoms with van der Waals surface area (Å²) in [6.45, 7) is 4.82. The maximum atomic E-state index is 12.3. The Morgan fingerprint density at radius 1 is 1.07 bits per heavy atom. The van der Waals surface area contributed by atoms with Crippen LogP contribution in [0.1, 0.15) is 36.7 Å². The molecule has 0 saturated heterocycles. The predicted octanol–water partition coefficient (Wildman–Crippen LogP) is 4.35. The lowest BCUT2D eigenvalue weighted by molar-refractivity contribution is -0.140. The molecular weight excluding hydrogens is 376 g/mol. The fourth-order valence-electron chi connectivity index (χ4n) is 2.34. The highest BCUT2D eigenvalue weighted by Gasteiger charge is 2.25. The lowest BCUT2D eigenvalue weighted by atomic mass is 9.97. The maximum absolute atomic E-state index is 12.3. The minimum Gasteiger partial charge on any atom is -0.460 e. The van der Waals surface area contributed by atoms with E-state index in [9.17, 15) is 14.7 Å². The van der Waals surface area contributed by atoms with Crippen LogP contribution in [0.3, 0.4) is 0 Å². The molecule has 0 saturated carbocycles. The first-order chi connectivity index (χ1) is 13.2. The molecule has 0 spiro atoms. The van der Waals surface area contributed by atoms with Gasteiger partial charge in [0.2, 0.25) is 5.76 Å². The summed E-state index contributed by atoms with van der Waals surface area (Å²) >= 11 is 1.63. The summed E-state index contributed by atoms with van der Waals surface area (Å²) in [6.07, 6.45) is 3.60. The number of hydrogen-bond acceptors (Lipinski definition) is 6. The Morgan fingerprint density at radius 2 is 1.68 bits per heavy atom.